The van der Waals surface area contributed by atoms with E-state index in [4.69, 9.17) is 11.6 Å². The third-order valence-corrected chi connectivity index (χ3v) is 4.00. The lowest BCUT2D eigenvalue weighted by Crippen LogP contribution is -1.86. The Morgan fingerprint density at radius 1 is 1.12 bits per heavy atom. The summed E-state index contributed by atoms with van der Waals surface area (Å²) in [6.45, 7) is 2.09. The SMILES string of the molecule is Cc1cccc2c(Cl)nc(-c3cccs3)cc12. The number of rotatable bonds is 1. The minimum Gasteiger partial charge on any atom is -0.235 e. The summed E-state index contributed by atoms with van der Waals surface area (Å²) < 4.78 is 0. The standard InChI is InChI=1S/C14H10ClNS/c1-9-4-2-5-10-11(9)8-12(16-14(10)15)13-6-3-7-17-13/h2-8H,1H3. The van der Waals surface area contributed by atoms with Gasteiger partial charge in [-0.3, -0.25) is 0 Å². The number of aromatic nitrogens is 1. The summed E-state index contributed by atoms with van der Waals surface area (Å²) in [6, 6.07) is 12.3. The molecule has 0 saturated carbocycles. The number of thiophene rings is 1. The summed E-state index contributed by atoms with van der Waals surface area (Å²) >= 11 is 7.92. The molecular weight excluding hydrogens is 250 g/mol. The fraction of sp³-hybridized carbons (Fsp3) is 0.0714. The van der Waals surface area contributed by atoms with E-state index in [0.717, 1.165) is 16.0 Å². The first-order valence-corrected chi connectivity index (χ1v) is 6.61. The molecule has 0 radical (unpaired) electrons. The van der Waals surface area contributed by atoms with E-state index in [1.165, 1.54) is 10.9 Å². The number of hydrogen-bond acceptors (Lipinski definition) is 2. The molecule has 0 atom stereocenters. The molecule has 0 spiro atoms. The van der Waals surface area contributed by atoms with Gasteiger partial charge >= 0.3 is 0 Å². The number of benzene rings is 1. The van der Waals surface area contributed by atoms with Crippen LogP contribution in [-0.2, 0) is 0 Å². The van der Waals surface area contributed by atoms with Crippen molar-refractivity contribution in [2.75, 3.05) is 0 Å². The van der Waals surface area contributed by atoms with Crippen molar-refractivity contribution in [1.29, 1.82) is 0 Å². The van der Waals surface area contributed by atoms with Crippen molar-refractivity contribution >= 4 is 33.7 Å². The quantitative estimate of drug-likeness (QED) is 0.565. The van der Waals surface area contributed by atoms with Crippen molar-refractivity contribution in [1.82, 2.24) is 4.98 Å². The molecule has 0 amide bonds. The van der Waals surface area contributed by atoms with Crippen molar-refractivity contribution in [2.45, 2.75) is 6.92 Å². The van der Waals surface area contributed by atoms with Crippen LogP contribution in [0.5, 0.6) is 0 Å². The maximum Gasteiger partial charge on any atom is 0.137 e. The monoisotopic (exact) mass is 259 g/mol. The third kappa shape index (κ3) is 1.84. The highest BCUT2D eigenvalue weighted by molar-refractivity contribution is 7.13. The largest absolute Gasteiger partial charge is 0.235 e. The van der Waals surface area contributed by atoms with Gasteiger partial charge in [0.15, 0.2) is 0 Å². The van der Waals surface area contributed by atoms with Crippen LogP contribution in [0.15, 0.2) is 41.8 Å². The number of pyridine rings is 1. The second-order valence-electron chi connectivity index (χ2n) is 3.95. The first-order valence-electron chi connectivity index (χ1n) is 5.35. The van der Waals surface area contributed by atoms with Gasteiger partial charge in [0.1, 0.15) is 5.15 Å². The van der Waals surface area contributed by atoms with Crippen LogP contribution in [0, 0.1) is 6.92 Å². The van der Waals surface area contributed by atoms with Crippen LogP contribution in [0.4, 0.5) is 0 Å². The van der Waals surface area contributed by atoms with Gasteiger partial charge < -0.3 is 0 Å². The van der Waals surface area contributed by atoms with Crippen molar-refractivity contribution in [3.8, 4) is 10.6 Å². The molecule has 0 fully saturated rings. The van der Waals surface area contributed by atoms with Gasteiger partial charge in [0.05, 0.1) is 10.6 Å². The van der Waals surface area contributed by atoms with Crippen LogP contribution in [0.25, 0.3) is 21.3 Å². The molecule has 3 aromatic rings. The Kier molecular flexibility index (Phi) is 2.61. The second-order valence-corrected chi connectivity index (χ2v) is 5.25. The van der Waals surface area contributed by atoms with E-state index in [-0.39, 0.29) is 0 Å². The maximum atomic E-state index is 6.24. The molecule has 2 aromatic heterocycles. The molecule has 0 aliphatic heterocycles. The number of fused-ring (bicyclic) bond motifs is 1. The zero-order chi connectivity index (χ0) is 11.8. The van der Waals surface area contributed by atoms with E-state index in [0.29, 0.717) is 5.15 Å². The van der Waals surface area contributed by atoms with Crippen molar-refractivity contribution < 1.29 is 0 Å². The molecule has 1 aromatic carbocycles. The van der Waals surface area contributed by atoms with E-state index in [1.807, 2.05) is 23.6 Å². The van der Waals surface area contributed by atoms with E-state index >= 15 is 0 Å². The Balaban J connectivity index is 2.34. The molecule has 84 valence electrons. The second kappa shape index (κ2) is 4.13. The van der Waals surface area contributed by atoms with Crippen LogP contribution in [-0.4, -0.2) is 4.98 Å². The van der Waals surface area contributed by atoms with E-state index in [2.05, 4.69) is 30.1 Å². The third-order valence-electron chi connectivity index (χ3n) is 2.82. The van der Waals surface area contributed by atoms with Gasteiger partial charge in [-0.05, 0) is 35.4 Å². The average Bonchev–Trinajstić information content (AvgIpc) is 2.84. The fourth-order valence-electron chi connectivity index (χ4n) is 1.94. The lowest BCUT2D eigenvalue weighted by Gasteiger charge is -2.06. The van der Waals surface area contributed by atoms with Crippen LogP contribution in [0.2, 0.25) is 5.15 Å². The van der Waals surface area contributed by atoms with Gasteiger partial charge in [0, 0.05) is 5.39 Å². The molecule has 0 saturated heterocycles. The highest BCUT2D eigenvalue weighted by Gasteiger charge is 2.07. The first-order chi connectivity index (χ1) is 8.25. The van der Waals surface area contributed by atoms with Crippen molar-refractivity contribution in [2.24, 2.45) is 0 Å². The number of aryl methyl sites for hydroxylation is 1. The lowest BCUT2D eigenvalue weighted by atomic mass is 10.1. The van der Waals surface area contributed by atoms with E-state index in [9.17, 15) is 0 Å². The Morgan fingerprint density at radius 3 is 2.76 bits per heavy atom. The number of hydrogen-bond donors (Lipinski definition) is 0. The molecular formula is C14H10ClNS. The van der Waals surface area contributed by atoms with Crippen LogP contribution in [0.3, 0.4) is 0 Å². The molecule has 0 unspecified atom stereocenters. The first kappa shape index (κ1) is 10.8. The Morgan fingerprint density at radius 2 is 2.00 bits per heavy atom. The molecule has 1 nitrogen and oxygen atoms in total. The van der Waals surface area contributed by atoms with Gasteiger partial charge in [-0.1, -0.05) is 35.9 Å². The molecule has 0 bridgehead atoms. The fourth-order valence-corrected chi connectivity index (χ4v) is 2.88. The highest BCUT2D eigenvalue weighted by Crippen LogP contribution is 2.31. The van der Waals surface area contributed by atoms with Crippen LogP contribution >= 0.6 is 22.9 Å². The lowest BCUT2D eigenvalue weighted by molar-refractivity contribution is 1.36. The van der Waals surface area contributed by atoms with E-state index < -0.39 is 0 Å². The summed E-state index contributed by atoms with van der Waals surface area (Å²) in [5.41, 5.74) is 2.18. The Hall–Kier alpha value is -1.38. The summed E-state index contributed by atoms with van der Waals surface area (Å²) in [5.74, 6) is 0. The van der Waals surface area contributed by atoms with Gasteiger partial charge in [-0.2, -0.15) is 0 Å². The molecule has 0 aliphatic carbocycles. The zero-order valence-corrected chi connectivity index (χ0v) is 10.8. The van der Waals surface area contributed by atoms with Crippen molar-refractivity contribution in [3.05, 3.63) is 52.5 Å². The maximum absolute atomic E-state index is 6.24. The Labute approximate surface area is 109 Å². The average molecular weight is 260 g/mol. The molecule has 17 heavy (non-hydrogen) atoms. The molecule has 3 rings (SSSR count). The minimum atomic E-state index is 0.578. The minimum absolute atomic E-state index is 0.578. The summed E-state index contributed by atoms with van der Waals surface area (Å²) in [6.07, 6.45) is 0. The van der Waals surface area contributed by atoms with Gasteiger partial charge in [-0.25, -0.2) is 4.98 Å². The molecule has 0 N–H and O–H groups in total. The smallest absolute Gasteiger partial charge is 0.137 e. The molecule has 2 heterocycles. The van der Waals surface area contributed by atoms with Crippen LogP contribution in [0.1, 0.15) is 5.56 Å². The number of nitrogens with zero attached hydrogens (tertiary/aromatic N) is 1. The topological polar surface area (TPSA) is 12.9 Å². The van der Waals surface area contributed by atoms with E-state index in [1.54, 1.807) is 11.3 Å². The highest BCUT2D eigenvalue weighted by atomic mass is 35.5. The predicted octanol–water partition coefficient (Wildman–Crippen LogP) is 4.93. The van der Waals surface area contributed by atoms with Gasteiger partial charge in [0.25, 0.3) is 0 Å². The predicted molar refractivity (Wildman–Crippen MR) is 74.8 cm³/mol. The molecule has 3 heteroatoms. The zero-order valence-electron chi connectivity index (χ0n) is 9.27. The Bertz CT molecular complexity index is 674. The van der Waals surface area contributed by atoms with Gasteiger partial charge in [0.2, 0.25) is 0 Å². The van der Waals surface area contributed by atoms with Gasteiger partial charge in [-0.15, -0.1) is 11.3 Å². The normalized spacial score (nSPS) is 10.9. The number of halogens is 1. The summed E-state index contributed by atoms with van der Waals surface area (Å²) in [7, 11) is 0. The van der Waals surface area contributed by atoms with Crippen molar-refractivity contribution in [3.63, 3.8) is 0 Å². The van der Waals surface area contributed by atoms with Crippen LogP contribution < -0.4 is 0 Å². The molecule has 0 aliphatic rings. The summed E-state index contributed by atoms with van der Waals surface area (Å²) in [5, 5.41) is 4.82. The summed E-state index contributed by atoms with van der Waals surface area (Å²) in [4.78, 5) is 5.61.